The zero-order valence-electron chi connectivity index (χ0n) is 12.9. The molecule has 24 heavy (non-hydrogen) atoms. The summed E-state index contributed by atoms with van der Waals surface area (Å²) in [5, 5.41) is 5.58. The second kappa shape index (κ2) is 6.98. The number of halogens is 3. The van der Waals surface area contributed by atoms with Gasteiger partial charge >= 0.3 is 12.2 Å². The van der Waals surface area contributed by atoms with Crippen molar-refractivity contribution in [1.29, 1.82) is 0 Å². The molecule has 0 aliphatic carbocycles. The van der Waals surface area contributed by atoms with Crippen LogP contribution in [0.5, 0.6) is 0 Å². The molecule has 2 bridgehead atoms. The van der Waals surface area contributed by atoms with Crippen LogP contribution < -0.4 is 10.6 Å². The molecule has 132 valence electrons. The van der Waals surface area contributed by atoms with E-state index in [9.17, 15) is 18.0 Å². The zero-order valence-corrected chi connectivity index (χ0v) is 12.9. The third kappa shape index (κ3) is 4.61. The molecule has 3 rings (SSSR count). The first-order valence-electron chi connectivity index (χ1n) is 7.85. The molecule has 2 aliphatic heterocycles. The fraction of sp³-hybridized carbons (Fsp3) is 0.562. The van der Waals surface area contributed by atoms with Crippen LogP contribution in [0.3, 0.4) is 0 Å². The molecule has 2 saturated heterocycles. The van der Waals surface area contributed by atoms with Gasteiger partial charge in [0, 0.05) is 5.69 Å². The first kappa shape index (κ1) is 17.0. The van der Waals surface area contributed by atoms with E-state index in [2.05, 4.69) is 15.4 Å². The van der Waals surface area contributed by atoms with E-state index in [-0.39, 0.29) is 30.9 Å². The topological polar surface area (TPSA) is 59.6 Å². The second-order valence-corrected chi connectivity index (χ2v) is 6.12. The number of alkyl halides is 3. The lowest BCUT2D eigenvalue weighted by atomic mass is 9.96. The van der Waals surface area contributed by atoms with Crippen LogP contribution in [-0.2, 0) is 16.1 Å². The van der Waals surface area contributed by atoms with Crippen LogP contribution in [0, 0.1) is 0 Å². The van der Waals surface area contributed by atoms with E-state index < -0.39 is 12.8 Å². The summed E-state index contributed by atoms with van der Waals surface area (Å²) < 4.78 is 46.5. The highest BCUT2D eigenvalue weighted by Gasteiger charge is 2.41. The molecule has 2 aliphatic rings. The number of rotatable bonds is 5. The molecule has 0 aromatic heterocycles. The second-order valence-electron chi connectivity index (χ2n) is 6.12. The Bertz CT molecular complexity index is 594. The Labute approximate surface area is 137 Å². The molecule has 3 unspecified atom stereocenters. The average molecular weight is 344 g/mol. The molecule has 2 fully saturated rings. The number of amides is 2. The van der Waals surface area contributed by atoms with Crippen molar-refractivity contribution in [3.63, 3.8) is 0 Å². The first-order chi connectivity index (χ1) is 11.4. The lowest BCUT2D eigenvalue weighted by molar-refractivity contribution is -0.176. The number of urea groups is 1. The van der Waals surface area contributed by atoms with Gasteiger partial charge in [0.05, 0.1) is 24.9 Å². The molecular weight excluding hydrogens is 325 g/mol. The fourth-order valence-electron chi connectivity index (χ4n) is 3.15. The minimum atomic E-state index is -4.35. The summed E-state index contributed by atoms with van der Waals surface area (Å²) in [6, 6.07) is 6.23. The smallest absolute Gasteiger partial charge is 0.373 e. The van der Waals surface area contributed by atoms with E-state index in [1.54, 1.807) is 24.3 Å². The number of carbonyl (C=O) groups excluding carboxylic acids is 1. The van der Waals surface area contributed by atoms with E-state index in [1.807, 2.05) is 0 Å². The Kier molecular flexibility index (Phi) is 4.96. The van der Waals surface area contributed by atoms with Gasteiger partial charge in [-0.05, 0) is 37.0 Å². The molecule has 0 saturated carbocycles. The van der Waals surface area contributed by atoms with Crippen molar-refractivity contribution in [2.24, 2.45) is 0 Å². The molecule has 1 aromatic rings. The van der Waals surface area contributed by atoms with Gasteiger partial charge in [-0.25, -0.2) is 4.79 Å². The summed E-state index contributed by atoms with van der Waals surface area (Å²) >= 11 is 0. The summed E-state index contributed by atoms with van der Waals surface area (Å²) in [7, 11) is 0. The van der Waals surface area contributed by atoms with Gasteiger partial charge in [0.15, 0.2) is 0 Å². The maximum atomic E-state index is 12.1. The molecular formula is C16H19F3N2O3. The predicted octanol–water partition coefficient (Wildman–Crippen LogP) is 3.21. The Hall–Kier alpha value is -1.80. The van der Waals surface area contributed by atoms with Crippen LogP contribution in [0.15, 0.2) is 24.3 Å². The van der Waals surface area contributed by atoms with Crippen LogP contribution in [0.1, 0.15) is 24.8 Å². The van der Waals surface area contributed by atoms with Crippen molar-refractivity contribution in [1.82, 2.24) is 5.32 Å². The predicted molar refractivity (Wildman–Crippen MR) is 80.6 cm³/mol. The largest absolute Gasteiger partial charge is 0.411 e. The van der Waals surface area contributed by atoms with Crippen molar-refractivity contribution in [3.05, 3.63) is 29.8 Å². The highest BCUT2D eigenvalue weighted by molar-refractivity contribution is 5.89. The van der Waals surface area contributed by atoms with E-state index >= 15 is 0 Å². The lowest BCUT2D eigenvalue weighted by Crippen LogP contribution is -2.43. The number of carbonyl (C=O) groups is 1. The van der Waals surface area contributed by atoms with Crippen LogP contribution in [-0.4, -0.2) is 37.1 Å². The minimum absolute atomic E-state index is 0.0158. The van der Waals surface area contributed by atoms with Gasteiger partial charge in [0.25, 0.3) is 0 Å². The Morgan fingerprint density at radius 1 is 1.33 bits per heavy atom. The van der Waals surface area contributed by atoms with Gasteiger partial charge in [-0.15, -0.1) is 0 Å². The number of hydrogen-bond donors (Lipinski definition) is 2. The van der Waals surface area contributed by atoms with Gasteiger partial charge in [-0.2, -0.15) is 13.2 Å². The Balaban J connectivity index is 1.48. The summed E-state index contributed by atoms with van der Waals surface area (Å²) in [6.45, 7) is -1.47. The third-order valence-electron chi connectivity index (χ3n) is 4.14. The number of anilines is 1. The van der Waals surface area contributed by atoms with Crippen molar-refractivity contribution >= 4 is 11.7 Å². The zero-order chi connectivity index (χ0) is 17.2. The normalized spacial score (nSPS) is 25.7. The SMILES string of the molecule is O=C(Nc1cccc(COCC(F)(F)F)c1)NC1CC2CCC1O2. The first-order valence-corrected chi connectivity index (χ1v) is 7.85. The highest BCUT2D eigenvalue weighted by atomic mass is 19.4. The van der Waals surface area contributed by atoms with Crippen LogP contribution in [0.4, 0.5) is 23.7 Å². The lowest BCUT2D eigenvalue weighted by Gasteiger charge is -2.20. The fourth-order valence-corrected chi connectivity index (χ4v) is 3.15. The summed E-state index contributed by atoms with van der Waals surface area (Å²) in [6.07, 6.45) is -1.19. The van der Waals surface area contributed by atoms with Crippen molar-refractivity contribution < 1.29 is 27.4 Å². The van der Waals surface area contributed by atoms with Gasteiger partial charge in [-0.3, -0.25) is 0 Å². The number of nitrogens with one attached hydrogen (secondary N) is 2. The molecule has 5 nitrogen and oxygen atoms in total. The molecule has 1 aromatic carbocycles. The van der Waals surface area contributed by atoms with Crippen molar-refractivity contribution in [2.45, 2.75) is 50.3 Å². The molecule has 2 amide bonds. The molecule has 2 N–H and O–H groups in total. The van der Waals surface area contributed by atoms with Gasteiger partial charge in [0.1, 0.15) is 6.61 Å². The van der Waals surface area contributed by atoms with Gasteiger partial charge in [-0.1, -0.05) is 12.1 Å². The molecule has 2 heterocycles. The molecule has 8 heteroatoms. The maximum Gasteiger partial charge on any atom is 0.411 e. The summed E-state index contributed by atoms with van der Waals surface area (Å²) in [4.78, 5) is 12.0. The standard InChI is InChI=1S/C16H19F3N2O3/c17-16(18,19)9-23-8-10-2-1-3-11(6-10)20-15(22)21-13-7-12-4-5-14(13)24-12/h1-3,6,12-14H,4-5,7-9H2,(H2,20,21,22). The van der Waals surface area contributed by atoms with Gasteiger partial charge in [0.2, 0.25) is 0 Å². The summed E-state index contributed by atoms with van der Waals surface area (Å²) in [5.74, 6) is 0. The van der Waals surface area contributed by atoms with E-state index in [1.165, 1.54) is 0 Å². The van der Waals surface area contributed by atoms with E-state index in [4.69, 9.17) is 4.74 Å². The Morgan fingerprint density at radius 2 is 2.17 bits per heavy atom. The molecule has 3 atom stereocenters. The maximum absolute atomic E-state index is 12.1. The highest BCUT2D eigenvalue weighted by Crippen LogP contribution is 2.34. The average Bonchev–Trinajstić information content (AvgIpc) is 3.08. The molecule has 0 radical (unpaired) electrons. The minimum Gasteiger partial charge on any atom is -0.373 e. The number of fused-ring (bicyclic) bond motifs is 2. The number of hydrogen-bond acceptors (Lipinski definition) is 3. The van der Waals surface area contributed by atoms with E-state index in [0.717, 1.165) is 19.3 Å². The van der Waals surface area contributed by atoms with Crippen LogP contribution in [0.25, 0.3) is 0 Å². The van der Waals surface area contributed by atoms with Crippen LogP contribution in [0.2, 0.25) is 0 Å². The van der Waals surface area contributed by atoms with Gasteiger partial charge < -0.3 is 20.1 Å². The van der Waals surface area contributed by atoms with Crippen LogP contribution >= 0.6 is 0 Å². The number of ether oxygens (including phenoxy) is 2. The number of benzene rings is 1. The Morgan fingerprint density at radius 3 is 2.83 bits per heavy atom. The van der Waals surface area contributed by atoms with Crippen molar-refractivity contribution in [2.75, 3.05) is 11.9 Å². The molecule has 0 spiro atoms. The third-order valence-corrected chi connectivity index (χ3v) is 4.14. The van der Waals surface area contributed by atoms with Crippen molar-refractivity contribution in [3.8, 4) is 0 Å². The quantitative estimate of drug-likeness (QED) is 0.862. The summed E-state index contributed by atoms with van der Waals surface area (Å²) in [5.41, 5.74) is 1.06. The van der Waals surface area contributed by atoms with E-state index in [0.29, 0.717) is 11.3 Å². The monoisotopic (exact) mass is 344 g/mol.